The van der Waals surface area contributed by atoms with Gasteiger partial charge in [0.2, 0.25) is 0 Å². The first kappa shape index (κ1) is 21.7. The molecule has 122 valence electrons. The molecule has 2 rings (SSSR count). The van der Waals surface area contributed by atoms with Crippen LogP contribution in [-0.4, -0.2) is 10.3 Å². The van der Waals surface area contributed by atoms with Crippen molar-refractivity contribution in [2.45, 2.75) is 74.7 Å². The van der Waals surface area contributed by atoms with Gasteiger partial charge in [-0.2, -0.15) is 0 Å². The molecule has 0 N–H and O–H groups in total. The lowest BCUT2D eigenvalue weighted by atomic mass is 10.1. The molecule has 4 nitrogen and oxygen atoms in total. The summed E-state index contributed by atoms with van der Waals surface area (Å²) in [6, 6.07) is 1.88. The van der Waals surface area contributed by atoms with E-state index < -0.39 is 0 Å². The van der Waals surface area contributed by atoms with Crippen molar-refractivity contribution in [2.75, 3.05) is 0 Å². The molecule has 0 aliphatic heterocycles. The Hall–Kier alpha value is -1.58. The first-order chi connectivity index (χ1) is 9.43. The largest absolute Gasteiger partial charge is 0.361 e. The van der Waals surface area contributed by atoms with Crippen molar-refractivity contribution in [2.24, 2.45) is 0 Å². The highest BCUT2D eigenvalue weighted by Gasteiger charge is 2.10. The molecule has 0 saturated carbocycles. The van der Waals surface area contributed by atoms with Crippen molar-refractivity contribution >= 4 is 0 Å². The third kappa shape index (κ3) is 7.11. The van der Waals surface area contributed by atoms with Crippen LogP contribution in [-0.2, 0) is 0 Å². The lowest BCUT2D eigenvalue weighted by Crippen LogP contribution is -1.86. The Morgan fingerprint density at radius 3 is 1.71 bits per heavy atom. The lowest BCUT2D eigenvalue weighted by molar-refractivity contribution is 0.367. The maximum Gasteiger partial charge on any atom is 0.142 e. The number of hydrogen-bond acceptors (Lipinski definition) is 4. The summed E-state index contributed by atoms with van der Waals surface area (Å²) < 4.78 is 9.95. The molecule has 2 aromatic rings. The fraction of sp³-hybridized carbons (Fsp3) is 0.647. The van der Waals surface area contributed by atoms with E-state index in [-0.39, 0.29) is 7.43 Å². The summed E-state index contributed by atoms with van der Waals surface area (Å²) in [6.45, 7) is 16.4. The first-order valence-corrected chi connectivity index (χ1v) is 7.26. The van der Waals surface area contributed by atoms with Crippen LogP contribution in [0.25, 0.3) is 0 Å². The highest BCUT2D eigenvalue weighted by Crippen LogP contribution is 2.20. The Bertz CT molecular complexity index is 457. The second kappa shape index (κ2) is 11.1. The predicted molar refractivity (Wildman–Crippen MR) is 88.7 cm³/mol. The van der Waals surface area contributed by atoms with Gasteiger partial charge in [-0.1, -0.05) is 59.3 Å². The van der Waals surface area contributed by atoms with Gasteiger partial charge in [-0.15, -0.1) is 0 Å². The van der Waals surface area contributed by atoms with Crippen molar-refractivity contribution < 1.29 is 9.05 Å². The molecule has 0 bridgehead atoms. The number of rotatable bonds is 2. The summed E-state index contributed by atoms with van der Waals surface area (Å²) >= 11 is 0. The zero-order valence-electron chi connectivity index (χ0n) is 14.0. The Labute approximate surface area is 129 Å². The Kier molecular flexibility index (Phi) is 11.5. The summed E-state index contributed by atoms with van der Waals surface area (Å²) in [4.78, 5) is 0. The van der Waals surface area contributed by atoms with Gasteiger partial charge in [-0.25, -0.2) is 0 Å². The normalized spacial score (nSPS) is 9.43. The van der Waals surface area contributed by atoms with Gasteiger partial charge in [-0.3, -0.25) is 0 Å². The molecule has 0 aliphatic carbocycles. The van der Waals surface area contributed by atoms with Crippen LogP contribution in [0.1, 0.15) is 83.6 Å². The fourth-order valence-electron chi connectivity index (χ4n) is 1.49. The molecule has 0 unspecified atom stereocenters. The monoisotopic (exact) mass is 296 g/mol. The molecule has 2 heterocycles. The molecular formula is C17H32N2O2. The molecule has 21 heavy (non-hydrogen) atoms. The SMILES string of the molecule is C.CC.CC(C)c1ccno1.Cc1noc(C(C)C)c1C. The zero-order chi connectivity index (χ0) is 15.7. The van der Waals surface area contributed by atoms with Crippen molar-refractivity contribution in [3.05, 3.63) is 35.0 Å². The summed E-state index contributed by atoms with van der Waals surface area (Å²) in [5, 5.41) is 7.43. The van der Waals surface area contributed by atoms with Crippen LogP contribution in [0.15, 0.2) is 21.3 Å². The van der Waals surface area contributed by atoms with E-state index in [2.05, 4.69) is 38.0 Å². The summed E-state index contributed by atoms with van der Waals surface area (Å²) in [6.07, 6.45) is 1.66. The van der Waals surface area contributed by atoms with E-state index in [0.29, 0.717) is 11.8 Å². The van der Waals surface area contributed by atoms with Crippen LogP contribution in [0.4, 0.5) is 0 Å². The third-order valence-corrected chi connectivity index (χ3v) is 2.74. The average Bonchev–Trinajstić information content (AvgIpc) is 3.04. The second-order valence-corrected chi connectivity index (χ2v) is 4.98. The van der Waals surface area contributed by atoms with Crippen molar-refractivity contribution in [1.29, 1.82) is 0 Å². The molecule has 0 fully saturated rings. The molecule has 0 amide bonds. The van der Waals surface area contributed by atoms with Crippen molar-refractivity contribution in [3.63, 3.8) is 0 Å². The van der Waals surface area contributed by atoms with Gasteiger partial charge in [-0.05, 0) is 13.8 Å². The number of aromatic nitrogens is 2. The molecule has 0 saturated heterocycles. The van der Waals surface area contributed by atoms with Crippen LogP contribution in [0.3, 0.4) is 0 Å². The van der Waals surface area contributed by atoms with E-state index in [0.717, 1.165) is 17.2 Å². The topological polar surface area (TPSA) is 52.1 Å². The minimum absolute atomic E-state index is 0. The first-order valence-electron chi connectivity index (χ1n) is 7.26. The third-order valence-electron chi connectivity index (χ3n) is 2.74. The van der Waals surface area contributed by atoms with Crippen LogP contribution in [0, 0.1) is 13.8 Å². The minimum Gasteiger partial charge on any atom is -0.361 e. The van der Waals surface area contributed by atoms with E-state index in [1.807, 2.05) is 33.8 Å². The van der Waals surface area contributed by atoms with Crippen LogP contribution in [0.5, 0.6) is 0 Å². The van der Waals surface area contributed by atoms with Crippen molar-refractivity contribution in [3.8, 4) is 0 Å². The van der Waals surface area contributed by atoms with Crippen LogP contribution < -0.4 is 0 Å². The Morgan fingerprint density at radius 2 is 1.52 bits per heavy atom. The molecule has 0 spiro atoms. The standard InChI is InChI=1S/C8H13NO.C6H9NO.C2H6.CH4/c1-5(2)8-6(3)7(4)9-10-8;1-5(2)6-3-4-7-8-6;1-2;/h5H,1-4H3;3-5H,1-2H3;1-2H3;1H4. The Morgan fingerprint density at radius 1 is 0.952 bits per heavy atom. The number of aryl methyl sites for hydroxylation is 1. The second-order valence-electron chi connectivity index (χ2n) is 4.98. The van der Waals surface area contributed by atoms with E-state index in [4.69, 9.17) is 9.05 Å². The van der Waals surface area contributed by atoms with E-state index in [9.17, 15) is 0 Å². The minimum atomic E-state index is 0. The molecule has 0 radical (unpaired) electrons. The van der Waals surface area contributed by atoms with Gasteiger partial charge < -0.3 is 9.05 Å². The summed E-state index contributed by atoms with van der Waals surface area (Å²) in [5.74, 6) is 2.86. The van der Waals surface area contributed by atoms with Gasteiger partial charge in [0, 0.05) is 23.5 Å². The maximum absolute atomic E-state index is 5.11. The zero-order valence-corrected chi connectivity index (χ0v) is 14.0. The maximum atomic E-state index is 5.11. The molecular weight excluding hydrogens is 264 g/mol. The van der Waals surface area contributed by atoms with Gasteiger partial charge in [0.25, 0.3) is 0 Å². The lowest BCUT2D eigenvalue weighted by Gasteiger charge is -1.97. The van der Waals surface area contributed by atoms with E-state index >= 15 is 0 Å². The van der Waals surface area contributed by atoms with Gasteiger partial charge in [0.05, 0.1) is 11.9 Å². The number of nitrogens with zero attached hydrogens (tertiary/aromatic N) is 2. The number of hydrogen-bond donors (Lipinski definition) is 0. The summed E-state index contributed by atoms with van der Waals surface area (Å²) in [7, 11) is 0. The highest BCUT2D eigenvalue weighted by molar-refractivity contribution is 5.21. The van der Waals surface area contributed by atoms with Gasteiger partial charge in [0.1, 0.15) is 11.5 Å². The molecule has 0 atom stereocenters. The highest BCUT2D eigenvalue weighted by atomic mass is 16.5. The van der Waals surface area contributed by atoms with Crippen molar-refractivity contribution in [1.82, 2.24) is 10.3 Å². The van der Waals surface area contributed by atoms with Crippen LogP contribution >= 0.6 is 0 Å². The van der Waals surface area contributed by atoms with E-state index in [1.54, 1.807) is 6.20 Å². The van der Waals surface area contributed by atoms with Gasteiger partial charge >= 0.3 is 0 Å². The van der Waals surface area contributed by atoms with E-state index in [1.165, 1.54) is 5.56 Å². The smallest absolute Gasteiger partial charge is 0.142 e. The molecule has 2 aromatic heterocycles. The van der Waals surface area contributed by atoms with Gasteiger partial charge in [0.15, 0.2) is 0 Å². The Balaban J connectivity index is 0. The predicted octanol–water partition coefficient (Wildman–Crippen LogP) is 5.88. The fourth-order valence-corrected chi connectivity index (χ4v) is 1.49. The molecule has 0 aliphatic rings. The van der Waals surface area contributed by atoms with Crippen LogP contribution in [0.2, 0.25) is 0 Å². The summed E-state index contributed by atoms with van der Waals surface area (Å²) in [5.41, 5.74) is 2.19. The molecule has 4 heteroatoms. The molecule has 0 aromatic carbocycles. The average molecular weight is 296 g/mol. The quantitative estimate of drug-likeness (QED) is 0.694.